The normalized spacial score (nSPS) is 28.2. The van der Waals surface area contributed by atoms with Crippen molar-refractivity contribution in [2.45, 2.75) is 75.4 Å². The number of aliphatic carboxylic acids is 1. The van der Waals surface area contributed by atoms with E-state index in [1.807, 2.05) is 0 Å². The van der Waals surface area contributed by atoms with E-state index >= 15 is 0 Å². The molecule has 0 radical (unpaired) electrons. The highest BCUT2D eigenvalue weighted by atomic mass is 16.4. The molecule has 2 spiro atoms. The summed E-state index contributed by atoms with van der Waals surface area (Å²) in [4.78, 5) is 25.7. The maximum absolute atomic E-state index is 12.9. The lowest BCUT2D eigenvalue weighted by atomic mass is 9.81. The molecule has 2 N–H and O–H groups in total. The lowest BCUT2D eigenvalue weighted by molar-refractivity contribution is -0.148. The van der Waals surface area contributed by atoms with Gasteiger partial charge in [0.15, 0.2) is 0 Å². The van der Waals surface area contributed by atoms with Crippen molar-refractivity contribution in [3.05, 3.63) is 0 Å². The summed E-state index contributed by atoms with van der Waals surface area (Å²) >= 11 is 0. The molecule has 0 aromatic carbocycles. The Balaban J connectivity index is 1.91. The van der Waals surface area contributed by atoms with Crippen LogP contribution in [0, 0.1) is 0 Å². The van der Waals surface area contributed by atoms with Gasteiger partial charge in [-0.3, -0.25) is 14.9 Å². The number of carbonyl (C=O) groups excluding carboxylic acids is 1. The van der Waals surface area contributed by atoms with Crippen LogP contribution >= 0.6 is 0 Å². The highest BCUT2D eigenvalue weighted by molar-refractivity contribution is 5.92. The van der Waals surface area contributed by atoms with E-state index in [1.54, 1.807) is 4.90 Å². The first-order valence-electron chi connectivity index (χ1n) is 7.91. The van der Waals surface area contributed by atoms with Gasteiger partial charge < -0.3 is 10.0 Å². The van der Waals surface area contributed by atoms with Crippen LogP contribution in [-0.2, 0) is 9.59 Å². The Kier molecular flexibility index (Phi) is 3.48. The van der Waals surface area contributed by atoms with Crippen molar-refractivity contribution in [2.24, 2.45) is 0 Å². The molecule has 0 aromatic rings. The smallest absolute Gasteiger partial charge is 0.323 e. The van der Waals surface area contributed by atoms with Crippen molar-refractivity contribution < 1.29 is 14.7 Å². The van der Waals surface area contributed by atoms with Gasteiger partial charge >= 0.3 is 5.97 Å². The monoisotopic (exact) mass is 280 g/mol. The minimum absolute atomic E-state index is 0.0431. The first-order chi connectivity index (χ1) is 9.58. The second kappa shape index (κ2) is 5.02. The van der Waals surface area contributed by atoms with Gasteiger partial charge in [-0.05, 0) is 38.5 Å². The number of nitrogens with zero attached hydrogens (tertiary/aromatic N) is 1. The van der Waals surface area contributed by atoms with E-state index in [9.17, 15) is 14.7 Å². The summed E-state index contributed by atoms with van der Waals surface area (Å²) in [6.45, 7) is -0.159. The fourth-order valence-corrected chi connectivity index (χ4v) is 4.40. The maximum atomic E-state index is 12.9. The summed E-state index contributed by atoms with van der Waals surface area (Å²) in [6.07, 6.45) is 10.2. The number of hydrogen-bond donors (Lipinski definition) is 2. The van der Waals surface area contributed by atoms with E-state index in [1.165, 1.54) is 12.8 Å². The molecule has 1 heterocycles. The molecule has 0 atom stereocenters. The molecular formula is C15H24N2O3. The zero-order valence-electron chi connectivity index (χ0n) is 12.0. The molecule has 0 aromatic heterocycles. The highest BCUT2D eigenvalue weighted by Gasteiger charge is 2.58. The predicted octanol–water partition coefficient (Wildman–Crippen LogP) is 1.87. The van der Waals surface area contributed by atoms with E-state index in [2.05, 4.69) is 5.32 Å². The molecular weight excluding hydrogens is 256 g/mol. The molecule has 1 saturated heterocycles. The first kappa shape index (κ1) is 13.9. The van der Waals surface area contributed by atoms with Crippen LogP contribution in [0.4, 0.5) is 0 Å². The third-order valence-corrected chi connectivity index (χ3v) is 5.32. The van der Waals surface area contributed by atoms with Crippen LogP contribution in [0.2, 0.25) is 0 Å². The summed E-state index contributed by atoms with van der Waals surface area (Å²) in [5, 5.41) is 12.8. The molecule has 5 heteroatoms. The predicted molar refractivity (Wildman–Crippen MR) is 74.1 cm³/mol. The number of carbonyl (C=O) groups is 2. The molecule has 3 aliphatic rings. The van der Waals surface area contributed by atoms with Gasteiger partial charge in [-0.1, -0.05) is 25.7 Å². The topological polar surface area (TPSA) is 69.6 Å². The average Bonchev–Trinajstić information content (AvgIpc) is 2.63. The van der Waals surface area contributed by atoms with Gasteiger partial charge in [0, 0.05) is 0 Å². The van der Waals surface area contributed by atoms with Crippen LogP contribution in [0.1, 0.15) is 64.2 Å². The molecule has 5 nitrogen and oxygen atoms in total. The van der Waals surface area contributed by atoms with Crippen LogP contribution in [-0.4, -0.2) is 39.6 Å². The minimum Gasteiger partial charge on any atom is -0.480 e. The highest BCUT2D eigenvalue weighted by Crippen LogP contribution is 2.44. The summed E-state index contributed by atoms with van der Waals surface area (Å²) in [5.41, 5.74) is -0.851. The van der Waals surface area contributed by atoms with Gasteiger partial charge in [0.2, 0.25) is 5.91 Å². The van der Waals surface area contributed by atoms with Crippen LogP contribution in [0.3, 0.4) is 0 Å². The van der Waals surface area contributed by atoms with Crippen molar-refractivity contribution in [2.75, 3.05) is 6.54 Å². The van der Waals surface area contributed by atoms with Crippen molar-refractivity contribution in [1.29, 1.82) is 0 Å². The second-order valence-electron chi connectivity index (χ2n) is 6.65. The lowest BCUT2D eigenvalue weighted by Gasteiger charge is -2.41. The van der Waals surface area contributed by atoms with Crippen LogP contribution in [0.15, 0.2) is 0 Å². The molecule has 0 bridgehead atoms. The molecule has 3 fully saturated rings. The van der Waals surface area contributed by atoms with E-state index in [0.29, 0.717) is 0 Å². The van der Waals surface area contributed by atoms with E-state index in [0.717, 1.165) is 51.4 Å². The Labute approximate surface area is 119 Å². The van der Waals surface area contributed by atoms with Crippen molar-refractivity contribution in [1.82, 2.24) is 10.2 Å². The van der Waals surface area contributed by atoms with Crippen LogP contribution in [0.25, 0.3) is 0 Å². The zero-order chi connectivity index (χ0) is 14.2. The third-order valence-electron chi connectivity index (χ3n) is 5.32. The number of carboxylic acids is 1. The first-order valence-corrected chi connectivity index (χ1v) is 7.91. The fourth-order valence-electron chi connectivity index (χ4n) is 4.40. The minimum atomic E-state index is -0.905. The molecule has 2 saturated carbocycles. The van der Waals surface area contributed by atoms with Crippen molar-refractivity contribution >= 4 is 11.9 Å². The van der Waals surface area contributed by atoms with Gasteiger partial charge in [-0.2, -0.15) is 0 Å². The number of hydrogen-bond acceptors (Lipinski definition) is 3. The molecule has 1 aliphatic heterocycles. The van der Waals surface area contributed by atoms with Gasteiger partial charge in [0.25, 0.3) is 0 Å². The summed E-state index contributed by atoms with van der Waals surface area (Å²) in [6, 6.07) is 0. The standard InChI is InChI=1S/C15H24N2O3/c18-12(19)11-17-13(20)14(7-3-1-4-8-14)16-15(17)9-5-2-6-10-15/h16H,1-11H2,(H,18,19). The number of rotatable bonds is 2. The van der Waals surface area contributed by atoms with E-state index in [-0.39, 0.29) is 18.1 Å². The lowest BCUT2D eigenvalue weighted by Crippen LogP contribution is -2.56. The Morgan fingerprint density at radius 3 is 2.15 bits per heavy atom. The second-order valence-corrected chi connectivity index (χ2v) is 6.65. The van der Waals surface area contributed by atoms with Gasteiger partial charge in [0.05, 0.1) is 11.2 Å². The number of carboxylic acid groups (broad SMARTS) is 1. The molecule has 20 heavy (non-hydrogen) atoms. The molecule has 0 unspecified atom stereocenters. The molecule has 112 valence electrons. The number of nitrogens with one attached hydrogen (secondary N) is 1. The Hall–Kier alpha value is -1.10. The molecule has 3 rings (SSSR count). The average molecular weight is 280 g/mol. The Bertz CT molecular complexity index is 409. The zero-order valence-corrected chi connectivity index (χ0v) is 12.0. The van der Waals surface area contributed by atoms with Gasteiger partial charge in [0.1, 0.15) is 6.54 Å². The summed E-state index contributed by atoms with van der Waals surface area (Å²) < 4.78 is 0. The maximum Gasteiger partial charge on any atom is 0.323 e. The SMILES string of the molecule is O=C(O)CN1C(=O)C2(CCCCC2)NC12CCCCC2. The summed E-state index contributed by atoms with van der Waals surface area (Å²) in [5.74, 6) is -0.862. The van der Waals surface area contributed by atoms with Crippen LogP contribution in [0.5, 0.6) is 0 Å². The largest absolute Gasteiger partial charge is 0.480 e. The third kappa shape index (κ3) is 2.12. The Morgan fingerprint density at radius 2 is 1.60 bits per heavy atom. The number of amides is 1. The van der Waals surface area contributed by atoms with E-state index < -0.39 is 11.5 Å². The van der Waals surface area contributed by atoms with E-state index in [4.69, 9.17) is 0 Å². The fraction of sp³-hybridized carbons (Fsp3) is 0.867. The molecule has 2 aliphatic carbocycles. The van der Waals surface area contributed by atoms with Crippen molar-refractivity contribution in [3.63, 3.8) is 0 Å². The van der Waals surface area contributed by atoms with Gasteiger partial charge in [-0.15, -0.1) is 0 Å². The molecule has 1 amide bonds. The quantitative estimate of drug-likeness (QED) is 0.810. The van der Waals surface area contributed by atoms with Crippen molar-refractivity contribution in [3.8, 4) is 0 Å². The summed E-state index contributed by atoms with van der Waals surface area (Å²) in [7, 11) is 0. The Morgan fingerprint density at radius 1 is 1.05 bits per heavy atom. The van der Waals surface area contributed by atoms with Gasteiger partial charge in [-0.25, -0.2) is 0 Å². The van der Waals surface area contributed by atoms with Crippen LogP contribution < -0.4 is 5.32 Å².